The van der Waals surface area contributed by atoms with Crippen molar-refractivity contribution in [2.24, 2.45) is 0 Å². The second-order valence-electron chi connectivity index (χ2n) is 4.40. The molecule has 3 nitrogen and oxygen atoms in total. The van der Waals surface area contributed by atoms with Gasteiger partial charge in [-0.3, -0.25) is 4.79 Å². The van der Waals surface area contributed by atoms with E-state index >= 15 is 0 Å². The Kier molecular flexibility index (Phi) is 3.43. The molecule has 0 aliphatic rings. The normalized spacial score (nSPS) is 13.9. The van der Waals surface area contributed by atoms with Gasteiger partial charge in [0.2, 0.25) is 5.91 Å². The zero-order valence-corrected chi connectivity index (χ0v) is 11.1. The number of aromatic amines is 1. The van der Waals surface area contributed by atoms with Crippen molar-refractivity contribution in [1.29, 1.82) is 0 Å². The molecule has 0 bridgehead atoms. The van der Waals surface area contributed by atoms with E-state index in [1.54, 1.807) is 0 Å². The number of rotatable bonds is 3. The number of carbonyl (C=O) groups excluding carboxylic acids is 1. The number of hydrogen-bond donors (Lipinski definition) is 2. The summed E-state index contributed by atoms with van der Waals surface area (Å²) in [7, 11) is 0. The molecule has 0 saturated carbocycles. The fourth-order valence-corrected chi connectivity index (χ4v) is 2.28. The van der Waals surface area contributed by atoms with E-state index in [2.05, 4.69) is 10.3 Å². The molecule has 0 spiro atoms. The molecule has 0 saturated heterocycles. The summed E-state index contributed by atoms with van der Waals surface area (Å²) in [4.78, 5) is 14.6. The second kappa shape index (κ2) is 4.86. The molecule has 1 atom stereocenters. The third-order valence-corrected chi connectivity index (χ3v) is 3.20. The molecule has 0 aliphatic heterocycles. The lowest BCUT2D eigenvalue weighted by atomic mass is 9.88. The minimum atomic E-state index is -0.611. The molecule has 4 heteroatoms. The van der Waals surface area contributed by atoms with Gasteiger partial charge in [-0.05, 0) is 36.8 Å². The molecule has 94 valence electrons. The largest absolute Gasteiger partial charge is 0.363 e. The predicted octanol–water partition coefficient (Wildman–Crippen LogP) is 3.07. The van der Waals surface area contributed by atoms with Crippen LogP contribution < -0.4 is 5.32 Å². The smallest absolute Gasteiger partial charge is 0.217 e. The number of H-pyrrole nitrogens is 1. The van der Waals surface area contributed by atoms with E-state index in [0.717, 1.165) is 11.3 Å². The Bertz CT molecular complexity index is 551. The Balaban J connectivity index is 2.52. The van der Waals surface area contributed by atoms with Gasteiger partial charge in [0.05, 0.1) is 0 Å². The Morgan fingerprint density at radius 3 is 2.67 bits per heavy atom. The van der Waals surface area contributed by atoms with Crippen molar-refractivity contribution < 1.29 is 4.79 Å². The van der Waals surface area contributed by atoms with E-state index in [1.165, 1.54) is 6.92 Å². The molecule has 0 radical (unpaired) electrons. The molecule has 2 N–H and O–H groups in total. The van der Waals surface area contributed by atoms with Crippen molar-refractivity contribution >= 4 is 17.5 Å². The minimum Gasteiger partial charge on any atom is -0.363 e. The maximum absolute atomic E-state index is 11.5. The van der Waals surface area contributed by atoms with Gasteiger partial charge >= 0.3 is 0 Å². The highest BCUT2D eigenvalue weighted by atomic mass is 35.5. The van der Waals surface area contributed by atoms with Gasteiger partial charge in [0.1, 0.15) is 5.54 Å². The fraction of sp³-hybridized carbons (Fsp3) is 0.214. The van der Waals surface area contributed by atoms with Crippen molar-refractivity contribution in [3.8, 4) is 0 Å². The Labute approximate surface area is 111 Å². The summed E-state index contributed by atoms with van der Waals surface area (Å²) in [6.07, 6.45) is 1.83. The molecule has 1 unspecified atom stereocenters. The Morgan fingerprint density at radius 1 is 1.33 bits per heavy atom. The molecule has 1 aromatic carbocycles. The number of benzene rings is 1. The number of halogens is 1. The first-order valence-corrected chi connectivity index (χ1v) is 6.09. The quantitative estimate of drug-likeness (QED) is 0.877. The standard InChI is InChI=1S/C14H15ClN2O/c1-10(18)17-14(2,13-7-4-8-16-13)11-5-3-6-12(15)9-11/h3-9,16H,1-2H3,(H,17,18). The molecule has 2 aromatic rings. The summed E-state index contributed by atoms with van der Waals surface area (Å²) in [5.41, 5.74) is 1.24. The molecule has 1 amide bonds. The van der Waals surface area contributed by atoms with Crippen molar-refractivity contribution in [1.82, 2.24) is 10.3 Å². The summed E-state index contributed by atoms with van der Waals surface area (Å²) in [5, 5.41) is 3.62. The third kappa shape index (κ3) is 2.41. The van der Waals surface area contributed by atoms with E-state index in [1.807, 2.05) is 49.5 Å². The van der Waals surface area contributed by atoms with Gasteiger partial charge in [0, 0.05) is 23.8 Å². The van der Waals surface area contributed by atoms with Crippen LogP contribution in [-0.2, 0) is 10.3 Å². The van der Waals surface area contributed by atoms with Crippen LogP contribution in [0.4, 0.5) is 0 Å². The summed E-state index contributed by atoms with van der Waals surface area (Å²) in [5.74, 6) is -0.0907. The summed E-state index contributed by atoms with van der Waals surface area (Å²) in [6.45, 7) is 3.46. The maximum atomic E-state index is 11.5. The average molecular weight is 263 g/mol. The summed E-state index contributed by atoms with van der Waals surface area (Å²) >= 11 is 6.03. The minimum absolute atomic E-state index is 0.0907. The SMILES string of the molecule is CC(=O)NC(C)(c1cccc(Cl)c1)c1ccc[nH]1. The van der Waals surface area contributed by atoms with Crippen molar-refractivity contribution in [2.45, 2.75) is 19.4 Å². The lowest BCUT2D eigenvalue weighted by Gasteiger charge is -2.30. The van der Waals surface area contributed by atoms with Crippen LogP contribution in [0.1, 0.15) is 25.1 Å². The highest BCUT2D eigenvalue weighted by Crippen LogP contribution is 2.29. The van der Waals surface area contributed by atoms with Crippen molar-refractivity contribution in [2.75, 3.05) is 0 Å². The predicted molar refractivity (Wildman–Crippen MR) is 72.5 cm³/mol. The molecule has 18 heavy (non-hydrogen) atoms. The lowest BCUT2D eigenvalue weighted by molar-refractivity contribution is -0.120. The Morgan fingerprint density at radius 2 is 2.11 bits per heavy atom. The first-order valence-electron chi connectivity index (χ1n) is 5.71. The Hall–Kier alpha value is -1.74. The molecular weight excluding hydrogens is 248 g/mol. The van der Waals surface area contributed by atoms with Crippen LogP contribution in [0.5, 0.6) is 0 Å². The highest BCUT2D eigenvalue weighted by molar-refractivity contribution is 6.30. The molecule has 1 aromatic heterocycles. The van der Waals surface area contributed by atoms with Gasteiger partial charge in [-0.1, -0.05) is 23.7 Å². The van der Waals surface area contributed by atoms with Crippen LogP contribution in [-0.4, -0.2) is 10.9 Å². The number of hydrogen-bond acceptors (Lipinski definition) is 1. The zero-order valence-electron chi connectivity index (χ0n) is 10.3. The number of carbonyl (C=O) groups is 1. The van der Waals surface area contributed by atoms with Gasteiger partial charge in [-0.2, -0.15) is 0 Å². The van der Waals surface area contributed by atoms with Crippen LogP contribution in [0.2, 0.25) is 5.02 Å². The third-order valence-electron chi connectivity index (χ3n) is 2.96. The first-order chi connectivity index (χ1) is 8.52. The molecule has 2 rings (SSSR count). The number of aromatic nitrogens is 1. The second-order valence-corrected chi connectivity index (χ2v) is 4.84. The lowest BCUT2D eigenvalue weighted by Crippen LogP contribution is -2.43. The van der Waals surface area contributed by atoms with Gasteiger partial charge in [-0.25, -0.2) is 0 Å². The highest BCUT2D eigenvalue weighted by Gasteiger charge is 2.30. The summed E-state index contributed by atoms with van der Waals surface area (Å²) < 4.78 is 0. The first kappa shape index (κ1) is 12.7. The van der Waals surface area contributed by atoms with Crippen LogP contribution in [0, 0.1) is 0 Å². The van der Waals surface area contributed by atoms with E-state index in [-0.39, 0.29) is 5.91 Å². The van der Waals surface area contributed by atoms with E-state index < -0.39 is 5.54 Å². The van der Waals surface area contributed by atoms with Crippen LogP contribution in [0.3, 0.4) is 0 Å². The van der Waals surface area contributed by atoms with Crippen molar-refractivity contribution in [3.63, 3.8) is 0 Å². The number of nitrogens with one attached hydrogen (secondary N) is 2. The average Bonchev–Trinajstić information content (AvgIpc) is 2.81. The van der Waals surface area contributed by atoms with Gasteiger partial charge in [0.25, 0.3) is 0 Å². The monoisotopic (exact) mass is 262 g/mol. The number of amides is 1. The van der Waals surface area contributed by atoms with Gasteiger partial charge < -0.3 is 10.3 Å². The molecular formula is C14H15ClN2O. The maximum Gasteiger partial charge on any atom is 0.217 e. The fourth-order valence-electron chi connectivity index (χ4n) is 2.09. The molecule has 0 fully saturated rings. The molecule has 0 aliphatic carbocycles. The van der Waals surface area contributed by atoms with Gasteiger partial charge in [0.15, 0.2) is 0 Å². The summed E-state index contributed by atoms with van der Waals surface area (Å²) in [6, 6.07) is 11.3. The van der Waals surface area contributed by atoms with Crippen molar-refractivity contribution in [3.05, 3.63) is 58.9 Å². The topological polar surface area (TPSA) is 44.9 Å². The molecule has 1 heterocycles. The van der Waals surface area contributed by atoms with Crippen LogP contribution in [0.15, 0.2) is 42.6 Å². The van der Waals surface area contributed by atoms with Gasteiger partial charge in [-0.15, -0.1) is 0 Å². The van der Waals surface area contributed by atoms with E-state index in [9.17, 15) is 4.79 Å². The van der Waals surface area contributed by atoms with E-state index in [4.69, 9.17) is 11.6 Å². The van der Waals surface area contributed by atoms with E-state index in [0.29, 0.717) is 5.02 Å². The van der Waals surface area contributed by atoms with Crippen LogP contribution >= 0.6 is 11.6 Å². The van der Waals surface area contributed by atoms with Crippen LogP contribution in [0.25, 0.3) is 0 Å². The zero-order chi connectivity index (χ0) is 13.2.